The molecule has 0 bridgehead atoms. The van der Waals surface area contributed by atoms with Gasteiger partial charge in [0.05, 0.1) is 17.4 Å². The zero-order valence-corrected chi connectivity index (χ0v) is 11.5. The molecule has 1 amide bonds. The van der Waals surface area contributed by atoms with Crippen molar-refractivity contribution in [3.05, 3.63) is 58.1 Å². The summed E-state index contributed by atoms with van der Waals surface area (Å²) in [5.74, 6) is -2.12. The second-order valence-corrected chi connectivity index (χ2v) is 4.67. The first-order valence-corrected chi connectivity index (χ1v) is 6.22. The van der Waals surface area contributed by atoms with Crippen molar-refractivity contribution in [2.45, 2.75) is 0 Å². The van der Waals surface area contributed by atoms with Crippen LogP contribution in [-0.4, -0.2) is 22.0 Å². The molecule has 0 atom stereocenters. The fourth-order valence-corrected chi connectivity index (χ4v) is 1.92. The van der Waals surface area contributed by atoms with Crippen molar-refractivity contribution in [1.82, 2.24) is 4.98 Å². The highest BCUT2D eigenvalue weighted by atomic mass is 79.9. The van der Waals surface area contributed by atoms with Crippen LogP contribution in [0.5, 0.6) is 0 Å². The van der Waals surface area contributed by atoms with Crippen molar-refractivity contribution in [2.24, 2.45) is 0 Å². The molecule has 2 N–H and O–H groups in total. The van der Waals surface area contributed by atoms with Crippen LogP contribution in [-0.2, 0) is 0 Å². The number of carboxylic acids is 1. The third kappa shape index (κ3) is 3.18. The summed E-state index contributed by atoms with van der Waals surface area (Å²) in [6, 6.07) is 6.57. The van der Waals surface area contributed by atoms with Crippen molar-refractivity contribution in [2.75, 3.05) is 5.32 Å². The standard InChI is InChI=1S/C13H8BrFN2O3/c14-9-5-7(13(19)20)1-3-10(9)17-12(18)11-4-2-8(15)6-16-11/h1-6H,(H,17,18)(H,19,20). The van der Waals surface area contributed by atoms with E-state index >= 15 is 0 Å². The Morgan fingerprint density at radius 2 is 2.00 bits per heavy atom. The van der Waals surface area contributed by atoms with Crippen molar-refractivity contribution in [1.29, 1.82) is 0 Å². The largest absolute Gasteiger partial charge is 0.478 e. The summed E-state index contributed by atoms with van der Waals surface area (Å²) < 4.78 is 13.1. The molecule has 1 aromatic carbocycles. The van der Waals surface area contributed by atoms with Gasteiger partial charge in [0.25, 0.3) is 5.91 Å². The molecule has 1 aromatic heterocycles. The number of nitrogens with one attached hydrogen (secondary N) is 1. The van der Waals surface area contributed by atoms with Crippen LogP contribution in [0.2, 0.25) is 0 Å². The van der Waals surface area contributed by atoms with Crippen molar-refractivity contribution < 1.29 is 19.1 Å². The van der Waals surface area contributed by atoms with E-state index in [0.717, 1.165) is 12.3 Å². The number of amides is 1. The van der Waals surface area contributed by atoms with Crippen molar-refractivity contribution in [3.8, 4) is 0 Å². The Kier molecular flexibility index (Phi) is 4.09. The SMILES string of the molecule is O=C(O)c1ccc(NC(=O)c2ccc(F)cn2)c(Br)c1. The minimum Gasteiger partial charge on any atom is -0.478 e. The van der Waals surface area contributed by atoms with E-state index in [1.165, 1.54) is 24.3 Å². The molecule has 0 saturated heterocycles. The molecule has 5 nitrogen and oxygen atoms in total. The second kappa shape index (κ2) is 5.79. The van der Waals surface area contributed by atoms with Gasteiger partial charge in [-0.2, -0.15) is 0 Å². The minimum atomic E-state index is -1.07. The number of hydrogen-bond donors (Lipinski definition) is 2. The van der Waals surface area contributed by atoms with E-state index in [1.54, 1.807) is 0 Å². The van der Waals surface area contributed by atoms with E-state index in [2.05, 4.69) is 26.2 Å². The molecule has 0 unspecified atom stereocenters. The number of halogens is 2. The third-order valence-electron chi connectivity index (χ3n) is 2.42. The third-order valence-corrected chi connectivity index (χ3v) is 3.08. The fourth-order valence-electron chi connectivity index (χ4n) is 1.45. The van der Waals surface area contributed by atoms with Crippen LogP contribution < -0.4 is 5.32 Å². The van der Waals surface area contributed by atoms with E-state index in [4.69, 9.17) is 5.11 Å². The maximum atomic E-state index is 12.7. The van der Waals surface area contributed by atoms with Crippen LogP contribution in [0.25, 0.3) is 0 Å². The number of aromatic carboxylic acids is 1. The molecule has 0 radical (unpaired) electrons. The molecule has 0 spiro atoms. The number of nitrogens with zero attached hydrogens (tertiary/aromatic N) is 1. The highest BCUT2D eigenvalue weighted by Crippen LogP contribution is 2.24. The highest BCUT2D eigenvalue weighted by Gasteiger charge is 2.11. The summed E-state index contributed by atoms with van der Waals surface area (Å²) in [6.45, 7) is 0. The lowest BCUT2D eigenvalue weighted by Crippen LogP contribution is -2.14. The smallest absolute Gasteiger partial charge is 0.335 e. The summed E-state index contributed by atoms with van der Waals surface area (Å²) in [5.41, 5.74) is 0.543. The van der Waals surface area contributed by atoms with Crippen molar-refractivity contribution >= 4 is 33.5 Å². The average Bonchev–Trinajstić information content (AvgIpc) is 2.41. The average molecular weight is 339 g/mol. The summed E-state index contributed by atoms with van der Waals surface area (Å²) in [7, 11) is 0. The Hall–Kier alpha value is -2.28. The van der Waals surface area contributed by atoms with Gasteiger partial charge in [0, 0.05) is 4.47 Å². The van der Waals surface area contributed by atoms with Crippen LogP contribution in [0.15, 0.2) is 41.0 Å². The number of benzene rings is 1. The fraction of sp³-hybridized carbons (Fsp3) is 0. The number of anilines is 1. The first-order valence-electron chi connectivity index (χ1n) is 5.43. The number of pyridine rings is 1. The summed E-state index contributed by atoms with van der Waals surface area (Å²) in [5, 5.41) is 11.4. The molecule has 0 fully saturated rings. The Morgan fingerprint density at radius 1 is 1.25 bits per heavy atom. The number of carboxylic acid groups (broad SMARTS) is 1. The highest BCUT2D eigenvalue weighted by molar-refractivity contribution is 9.10. The topological polar surface area (TPSA) is 79.3 Å². The maximum Gasteiger partial charge on any atom is 0.335 e. The molecule has 0 aliphatic heterocycles. The molecule has 0 aliphatic carbocycles. The zero-order chi connectivity index (χ0) is 14.7. The van der Waals surface area contributed by atoms with Gasteiger partial charge in [0.2, 0.25) is 0 Å². The Labute approximate surface area is 121 Å². The van der Waals surface area contributed by atoms with E-state index in [9.17, 15) is 14.0 Å². The number of carbonyl (C=O) groups excluding carboxylic acids is 1. The lowest BCUT2D eigenvalue weighted by Gasteiger charge is -2.07. The second-order valence-electron chi connectivity index (χ2n) is 3.82. The molecule has 20 heavy (non-hydrogen) atoms. The monoisotopic (exact) mass is 338 g/mol. The van der Waals surface area contributed by atoms with Gasteiger partial charge in [-0.25, -0.2) is 14.2 Å². The van der Waals surface area contributed by atoms with Gasteiger partial charge in [0.1, 0.15) is 11.5 Å². The molecular formula is C13H8BrFN2O3. The Bertz CT molecular complexity index is 674. The molecule has 0 saturated carbocycles. The number of carbonyl (C=O) groups is 2. The van der Waals surface area contributed by atoms with E-state index < -0.39 is 17.7 Å². The maximum absolute atomic E-state index is 12.7. The summed E-state index contributed by atoms with van der Waals surface area (Å²) in [4.78, 5) is 26.3. The lowest BCUT2D eigenvalue weighted by molar-refractivity contribution is 0.0696. The van der Waals surface area contributed by atoms with Gasteiger partial charge in [-0.15, -0.1) is 0 Å². The van der Waals surface area contributed by atoms with Gasteiger partial charge < -0.3 is 10.4 Å². The zero-order valence-electron chi connectivity index (χ0n) is 9.93. The summed E-state index contributed by atoms with van der Waals surface area (Å²) >= 11 is 3.17. The molecular weight excluding hydrogens is 331 g/mol. The normalized spacial score (nSPS) is 10.1. The van der Waals surface area contributed by atoms with Gasteiger partial charge in [-0.05, 0) is 46.3 Å². The van der Waals surface area contributed by atoms with Gasteiger partial charge in [-0.3, -0.25) is 4.79 Å². The predicted molar refractivity (Wildman–Crippen MR) is 73.2 cm³/mol. The molecule has 2 rings (SSSR count). The Balaban J connectivity index is 2.19. The quantitative estimate of drug-likeness (QED) is 0.901. The molecule has 2 aromatic rings. The van der Waals surface area contributed by atoms with Crippen LogP contribution in [0.4, 0.5) is 10.1 Å². The van der Waals surface area contributed by atoms with E-state index in [1.807, 2.05) is 0 Å². The van der Waals surface area contributed by atoms with E-state index in [0.29, 0.717) is 10.2 Å². The lowest BCUT2D eigenvalue weighted by atomic mass is 10.2. The number of rotatable bonds is 3. The Morgan fingerprint density at radius 3 is 2.55 bits per heavy atom. The molecule has 0 aliphatic rings. The van der Waals surface area contributed by atoms with E-state index in [-0.39, 0.29) is 11.3 Å². The summed E-state index contributed by atoms with van der Waals surface area (Å²) in [6.07, 6.45) is 0.942. The van der Waals surface area contributed by atoms with Gasteiger partial charge in [0.15, 0.2) is 0 Å². The minimum absolute atomic E-state index is 0.0561. The number of hydrogen-bond acceptors (Lipinski definition) is 3. The van der Waals surface area contributed by atoms with Crippen LogP contribution in [0.3, 0.4) is 0 Å². The molecule has 1 heterocycles. The first kappa shape index (κ1) is 14.1. The predicted octanol–water partition coefficient (Wildman–Crippen LogP) is 2.93. The molecule has 7 heteroatoms. The van der Waals surface area contributed by atoms with Gasteiger partial charge in [-0.1, -0.05) is 0 Å². The number of aromatic nitrogens is 1. The first-order chi connectivity index (χ1) is 9.47. The van der Waals surface area contributed by atoms with Crippen LogP contribution in [0, 0.1) is 5.82 Å². The molecule has 102 valence electrons. The van der Waals surface area contributed by atoms with Crippen LogP contribution in [0.1, 0.15) is 20.8 Å². The van der Waals surface area contributed by atoms with Crippen LogP contribution >= 0.6 is 15.9 Å². The van der Waals surface area contributed by atoms with Crippen molar-refractivity contribution in [3.63, 3.8) is 0 Å². The van der Waals surface area contributed by atoms with Gasteiger partial charge >= 0.3 is 5.97 Å².